The molecule has 4 rings (SSSR count). The summed E-state index contributed by atoms with van der Waals surface area (Å²) in [5.41, 5.74) is 2.78. The molecule has 0 saturated heterocycles. The van der Waals surface area contributed by atoms with Crippen molar-refractivity contribution in [1.82, 2.24) is 15.0 Å². The van der Waals surface area contributed by atoms with Crippen molar-refractivity contribution in [2.75, 3.05) is 11.4 Å². The van der Waals surface area contributed by atoms with Crippen LogP contribution in [-0.2, 0) is 21.2 Å². The molecule has 1 atom stereocenters. The van der Waals surface area contributed by atoms with Crippen LogP contribution < -0.4 is 14.9 Å². The van der Waals surface area contributed by atoms with Crippen molar-refractivity contribution in [3.05, 3.63) is 102 Å². The summed E-state index contributed by atoms with van der Waals surface area (Å²) < 4.78 is 27.7. The summed E-state index contributed by atoms with van der Waals surface area (Å²) in [6.45, 7) is 3.83. The second kappa shape index (κ2) is 11.2. The van der Waals surface area contributed by atoms with Gasteiger partial charge in [-0.3, -0.25) is 9.78 Å². The van der Waals surface area contributed by atoms with Gasteiger partial charge in [0.15, 0.2) is 0 Å². The number of aryl methyl sites for hydroxylation is 1. The number of rotatable bonds is 8. The topological polar surface area (TPSA) is 108 Å². The van der Waals surface area contributed by atoms with Crippen molar-refractivity contribution in [1.29, 1.82) is 0 Å². The molecule has 0 bridgehead atoms. The number of likely N-dealkylation sites (N-methyl/N-ethyl adjacent to an activating group) is 1. The number of aromatic nitrogens is 1. The van der Waals surface area contributed by atoms with Gasteiger partial charge in [-0.1, -0.05) is 54.6 Å². The van der Waals surface area contributed by atoms with Crippen molar-refractivity contribution in [3.63, 3.8) is 0 Å². The summed E-state index contributed by atoms with van der Waals surface area (Å²) in [5, 5.41) is 3.48. The molecule has 1 heterocycles. The molecule has 3 aromatic carbocycles. The van der Waals surface area contributed by atoms with E-state index in [1.807, 2.05) is 66.2 Å². The van der Waals surface area contributed by atoms with Crippen LogP contribution in [0.3, 0.4) is 0 Å². The Labute approximate surface area is 216 Å². The van der Waals surface area contributed by atoms with Crippen LogP contribution in [-0.4, -0.2) is 37.9 Å². The number of pyridine rings is 1. The van der Waals surface area contributed by atoms with E-state index < -0.39 is 22.1 Å². The van der Waals surface area contributed by atoms with Crippen molar-refractivity contribution < 1.29 is 18.0 Å². The SMILES string of the molecule is CCN(C(=O)C(Cc1ccccc1)NC(=O)NS(=O)(=O)c1ccccc1C)c1ccc2ncccc2c1. The Bertz CT molecular complexity index is 1520. The highest BCUT2D eigenvalue weighted by molar-refractivity contribution is 7.90. The fourth-order valence-corrected chi connectivity index (χ4v) is 5.32. The molecule has 1 unspecified atom stereocenters. The summed E-state index contributed by atoms with van der Waals surface area (Å²) in [7, 11) is -4.13. The Morgan fingerprint density at radius 3 is 2.41 bits per heavy atom. The monoisotopic (exact) mass is 516 g/mol. The molecular formula is C28H28N4O4S. The van der Waals surface area contributed by atoms with Gasteiger partial charge in [0.2, 0.25) is 5.91 Å². The highest BCUT2D eigenvalue weighted by atomic mass is 32.2. The van der Waals surface area contributed by atoms with Crippen molar-refractivity contribution in [3.8, 4) is 0 Å². The van der Waals surface area contributed by atoms with Crippen LogP contribution in [0.15, 0.2) is 96.0 Å². The van der Waals surface area contributed by atoms with Gasteiger partial charge in [-0.25, -0.2) is 17.9 Å². The van der Waals surface area contributed by atoms with Crippen LogP contribution in [0.1, 0.15) is 18.1 Å². The average Bonchev–Trinajstić information content (AvgIpc) is 2.89. The molecule has 9 heteroatoms. The van der Waals surface area contributed by atoms with Crippen LogP contribution in [0, 0.1) is 6.92 Å². The zero-order valence-electron chi connectivity index (χ0n) is 20.6. The number of urea groups is 1. The lowest BCUT2D eigenvalue weighted by atomic mass is 10.0. The summed E-state index contributed by atoms with van der Waals surface area (Å²) in [6, 6.07) is 22.8. The van der Waals surface area contributed by atoms with Crippen LogP contribution in [0.25, 0.3) is 10.9 Å². The number of fused-ring (bicyclic) bond motifs is 1. The molecule has 190 valence electrons. The summed E-state index contributed by atoms with van der Waals surface area (Å²) >= 11 is 0. The molecule has 1 aromatic heterocycles. The summed E-state index contributed by atoms with van der Waals surface area (Å²) in [4.78, 5) is 32.5. The first kappa shape index (κ1) is 25.8. The van der Waals surface area contributed by atoms with E-state index in [9.17, 15) is 18.0 Å². The number of carbonyl (C=O) groups excluding carboxylic acids is 2. The first-order valence-electron chi connectivity index (χ1n) is 11.9. The average molecular weight is 517 g/mol. The largest absolute Gasteiger partial charge is 0.329 e. The smallest absolute Gasteiger partial charge is 0.325 e. The Morgan fingerprint density at radius 2 is 1.68 bits per heavy atom. The summed E-state index contributed by atoms with van der Waals surface area (Å²) in [5.74, 6) is -0.363. The highest BCUT2D eigenvalue weighted by Crippen LogP contribution is 2.22. The molecule has 37 heavy (non-hydrogen) atoms. The second-order valence-corrected chi connectivity index (χ2v) is 10.2. The van der Waals surface area contributed by atoms with Gasteiger partial charge in [0.05, 0.1) is 10.4 Å². The van der Waals surface area contributed by atoms with E-state index in [-0.39, 0.29) is 17.2 Å². The molecule has 3 amide bonds. The van der Waals surface area contributed by atoms with E-state index in [4.69, 9.17) is 0 Å². The maximum Gasteiger partial charge on any atom is 0.329 e. The highest BCUT2D eigenvalue weighted by Gasteiger charge is 2.29. The Morgan fingerprint density at radius 1 is 0.946 bits per heavy atom. The number of benzene rings is 3. The third kappa shape index (κ3) is 6.13. The zero-order valence-corrected chi connectivity index (χ0v) is 21.4. The molecule has 8 nitrogen and oxygen atoms in total. The Kier molecular flexibility index (Phi) is 7.83. The lowest BCUT2D eigenvalue weighted by Gasteiger charge is -2.27. The van der Waals surface area contributed by atoms with E-state index in [0.717, 1.165) is 16.5 Å². The van der Waals surface area contributed by atoms with E-state index in [1.165, 1.54) is 6.07 Å². The number of amides is 3. The van der Waals surface area contributed by atoms with Crippen LogP contribution >= 0.6 is 0 Å². The van der Waals surface area contributed by atoms with Crippen LogP contribution in [0.2, 0.25) is 0 Å². The van der Waals surface area contributed by atoms with Gasteiger partial charge in [0.25, 0.3) is 10.0 Å². The number of carbonyl (C=O) groups is 2. The minimum atomic E-state index is -4.13. The molecule has 0 aliphatic rings. The van der Waals surface area contributed by atoms with Gasteiger partial charge in [-0.15, -0.1) is 0 Å². The Hall–Kier alpha value is -4.24. The van der Waals surface area contributed by atoms with Gasteiger partial charge < -0.3 is 10.2 Å². The van der Waals surface area contributed by atoms with Gasteiger partial charge in [0.1, 0.15) is 6.04 Å². The number of hydrogen-bond donors (Lipinski definition) is 2. The van der Waals surface area contributed by atoms with Crippen molar-refractivity contribution >= 4 is 38.6 Å². The molecule has 0 aliphatic carbocycles. The fraction of sp³-hybridized carbons (Fsp3) is 0.179. The quantitative estimate of drug-likeness (QED) is 0.365. The minimum absolute atomic E-state index is 0.00366. The first-order valence-corrected chi connectivity index (χ1v) is 13.4. The predicted octanol–water partition coefficient (Wildman–Crippen LogP) is 4.20. The van der Waals surface area contributed by atoms with E-state index in [2.05, 4.69) is 10.3 Å². The minimum Gasteiger partial charge on any atom is -0.325 e. The van der Waals surface area contributed by atoms with Gasteiger partial charge >= 0.3 is 6.03 Å². The molecule has 0 saturated carbocycles. The number of sulfonamides is 1. The summed E-state index contributed by atoms with van der Waals surface area (Å²) in [6.07, 6.45) is 1.89. The third-order valence-corrected chi connectivity index (χ3v) is 7.47. The van der Waals surface area contributed by atoms with E-state index in [0.29, 0.717) is 17.8 Å². The number of anilines is 1. The first-order chi connectivity index (χ1) is 17.8. The fourth-order valence-electron chi connectivity index (χ4n) is 4.16. The maximum absolute atomic E-state index is 13.8. The number of nitrogens with zero attached hydrogens (tertiary/aromatic N) is 2. The van der Waals surface area contributed by atoms with Gasteiger partial charge in [-0.2, -0.15) is 0 Å². The molecular weight excluding hydrogens is 488 g/mol. The second-order valence-electron chi connectivity index (χ2n) is 8.55. The van der Waals surface area contributed by atoms with E-state index >= 15 is 0 Å². The maximum atomic E-state index is 13.8. The van der Waals surface area contributed by atoms with Crippen LogP contribution in [0.5, 0.6) is 0 Å². The third-order valence-electron chi connectivity index (χ3n) is 5.98. The Balaban J connectivity index is 1.60. The molecule has 0 spiro atoms. The number of hydrogen-bond acceptors (Lipinski definition) is 5. The van der Waals surface area contributed by atoms with Crippen molar-refractivity contribution in [2.24, 2.45) is 0 Å². The van der Waals surface area contributed by atoms with Gasteiger partial charge in [0, 0.05) is 30.2 Å². The lowest BCUT2D eigenvalue weighted by molar-refractivity contribution is -0.120. The molecule has 0 fully saturated rings. The normalized spacial score (nSPS) is 12.1. The molecule has 0 aliphatic heterocycles. The molecule has 2 N–H and O–H groups in total. The number of nitrogens with one attached hydrogen (secondary N) is 2. The van der Waals surface area contributed by atoms with Gasteiger partial charge in [-0.05, 0) is 55.3 Å². The lowest BCUT2D eigenvalue weighted by Crippen LogP contribution is -2.53. The standard InChI is InChI=1S/C28H28N4O4S/c1-3-32(23-15-16-24-22(19-23)13-9-17-29-24)27(33)25(18-21-11-5-4-6-12-21)30-28(34)31-37(35,36)26-14-8-7-10-20(26)2/h4-17,19,25H,3,18H2,1-2H3,(H2,30,31,34). The predicted molar refractivity (Wildman–Crippen MR) is 144 cm³/mol. The van der Waals surface area contributed by atoms with Crippen LogP contribution in [0.4, 0.5) is 10.5 Å². The van der Waals surface area contributed by atoms with Crippen molar-refractivity contribution in [2.45, 2.75) is 31.2 Å². The molecule has 4 aromatic rings. The molecule has 0 radical (unpaired) electrons. The zero-order chi connectivity index (χ0) is 26.4. The van der Waals surface area contributed by atoms with E-state index in [1.54, 1.807) is 42.3 Å².